The van der Waals surface area contributed by atoms with Gasteiger partial charge in [0.05, 0.1) is 20.8 Å². The van der Waals surface area contributed by atoms with Crippen molar-refractivity contribution in [3.63, 3.8) is 0 Å². The second-order valence-electron chi connectivity index (χ2n) is 5.90. The molecule has 0 saturated carbocycles. The molecule has 1 saturated heterocycles. The summed E-state index contributed by atoms with van der Waals surface area (Å²) in [4.78, 5) is 14.5. The zero-order valence-electron chi connectivity index (χ0n) is 15.0. The minimum absolute atomic E-state index is 0.0131. The Morgan fingerprint density at radius 3 is 2.69 bits per heavy atom. The number of thioether (sulfide) groups is 1. The first-order valence-electron chi connectivity index (χ1n) is 8.47. The summed E-state index contributed by atoms with van der Waals surface area (Å²) in [6.45, 7) is 1.20. The van der Waals surface area contributed by atoms with Crippen LogP contribution in [0.1, 0.15) is 16.5 Å². The van der Waals surface area contributed by atoms with Crippen molar-refractivity contribution in [2.75, 3.05) is 33.1 Å². The molecule has 0 aromatic heterocycles. The van der Waals surface area contributed by atoms with Gasteiger partial charge in [-0.05, 0) is 23.8 Å². The van der Waals surface area contributed by atoms with Crippen LogP contribution < -0.4 is 9.47 Å². The van der Waals surface area contributed by atoms with Gasteiger partial charge < -0.3 is 19.1 Å². The molecular formula is C20H23NO4S. The van der Waals surface area contributed by atoms with Crippen molar-refractivity contribution in [1.82, 2.24) is 4.90 Å². The van der Waals surface area contributed by atoms with Gasteiger partial charge in [0.15, 0.2) is 0 Å². The van der Waals surface area contributed by atoms with E-state index in [0.717, 1.165) is 28.4 Å². The van der Waals surface area contributed by atoms with Crippen molar-refractivity contribution in [2.45, 2.75) is 12.0 Å². The van der Waals surface area contributed by atoms with Crippen LogP contribution in [0.2, 0.25) is 0 Å². The average molecular weight is 373 g/mol. The molecule has 1 aliphatic heterocycles. The Morgan fingerprint density at radius 1 is 1.15 bits per heavy atom. The van der Waals surface area contributed by atoms with Crippen molar-refractivity contribution in [3.8, 4) is 11.5 Å². The molecule has 3 rings (SSSR count). The normalized spacial score (nSPS) is 16.5. The first-order chi connectivity index (χ1) is 12.7. The standard InChI is InChI=1S/C20H23NO4S/c1-23-16-8-9-18(24-2)17(12-16)20-21(10-11-26-20)19(22)14-25-13-15-6-4-3-5-7-15/h3-9,12,20H,10-11,13-14H2,1-2H3. The first-order valence-corrected chi connectivity index (χ1v) is 9.52. The van der Waals surface area contributed by atoms with Crippen molar-refractivity contribution in [2.24, 2.45) is 0 Å². The lowest BCUT2D eigenvalue weighted by Crippen LogP contribution is -2.33. The highest BCUT2D eigenvalue weighted by Crippen LogP contribution is 2.43. The molecule has 1 heterocycles. The predicted molar refractivity (Wildman–Crippen MR) is 103 cm³/mol. The van der Waals surface area contributed by atoms with E-state index in [0.29, 0.717) is 13.2 Å². The topological polar surface area (TPSA) is 48.0 Å². The van der Waals surface area contributed by atoms with Crippen molar-refractivity contribution >= 4 is 17.7 Å². The minimum Gasteiger partial charge on any atom is -0.497 e. The number of carbonyl (C=O) groups excluding carboxylic acids is 1. The van der Waals surface area contributed by atoms with Crippen LogP contribution in [-0.4, -0.2) is 43.9 Å². The molecule has 5 nitrogen and oxygen atoms in total. The molecule has 0 aliphatic carbocycles. The molecule has 1 amide bonds. The number of ether oxygens (including phenoxy) is 3. The summed E-state index contributed by atoms with van der Waals surface area (Å²) in [5, 5.41) is -0.0899. The van der Waals surface area contributed by atoms with Gasteiger partial charge in [0.2, 0.25) is 5.91 Å². The summed E-state index contributed by atoms with van der Waals surface area (Å²) in [6.07, 6.45) is 0. The number of nitrogens with zero attached hydrogens (tertiary/aromatic N) is 1. The van der Waals surface area contributed by atoms with E-state index < -0.39 is 0 Å². The largest absolute Gasteiger partial charge is 0.497 e. The van der Waals surface area contributed by atoms with Crippen LogP contribution in [-0.2, 0) is 16.1 Å². The van der Waals surface area contributed by atoms with Crippen LogP contribution in [0.25, 0.3) is 0 Å². The molecule has 0 spiro atoms. The second kappa shape index (κ2) is 8.96. The predicted octanol–water partition coefficient (Wildman–Crippen LogP) is 3.49. The Balaban J connectivity index is 1.67. The van der Waals surface area contributed by atoms with Crippen molar-refractivity contribution < 1.29 is 19.0 Å². The van der Waals surface area contributed by atoms with Crippen LogP contribution in [0.4, 0.5) is 0 Å². The Kier molecular flexibility index (Phi) is 6.41. The molecule has 1 atom stereocenters. The minimum atomic E-state index is -0.0899. The van der Waals surface area contributed by atoms with E-state index in [1.54, 1.807) is 26.0 Å². The Morgan fingerprint density at radius 2 is 1.96 bits per heavy atom. The lowest BCUT2D eigenvalue weighted by molar-refractivity contribution is -0.136. The van der Waals surface area contributed by atoms with Gasteiger partial charge >= 0.3 is 0 Å². The van der Waals surface area contributed by atoms with Crippen molar-refractivity contribution in [3.05, 3.63) is 59.7 Å². The quantitative estimate of drug-likeness (QED) is 0.743. The maximum atomic E-state index is 12.7. The van der Waals surface area contributed by atoms with Crippen LogP contribution in [0.3, 0.4) is 0 Å². The highest BCUT2D eigenvalue weighted by atomic mass is 32.2. The molecule has 1 fully saturated rings. The van der Waals surface area contributed by atoms with Crippen molar-refractivity contribution in [1.29, 1.82) is 0 Å². The number of benzene rings is 2. The van der Waals surface area contributed by atoms with Gasteiger partial charge in [0, 0.05) is 17.9 Å². The maximum absolute atomic E-state index is 12.7. The summed E-state index contributed by atoms with van der Waals surface area (Å²) in [6, 6.07) is 15.5. The van der Waals surface area contributed by atoms with Gasteiger partial charge in [-0.3, -0.25) is 4.79 Å². The van der Waals surface area contributed by atoms with E-state index in [-0.39, 0.29) is 17.9 Å². The SMILES string of the molecule is COc1ccc(OC)c(C2SCCN2C(=O)COCc2ccccc2)c1. The first kappa shape index (κ1) is 18.6. The third-order valence-electron chi connectivity index (χ3n) is 4.25. The van der Waals surface area contributed by atoms with E-state index in [1.165, 1.54) is 0 Å². The van der Waals surface area contributed by atoms with Gasteiger partial charge in [-0.2, -0.15) is 0 Å². The van der Waals surface area contributed by atoms with E-state index in [1.807, 2.05) is 53.4 Å². The fourth-order valence-corrected chi connectivity index (χ4v) is 4.22. The van der Waals surface area contributed by atoms with Gasteiger partial charge in [-0.25, -0.2) is 0 Å². The molecular weight excluding hydrogens is 350 g/mol. The molecule has 0 bridgehead atoms. The summed E-state index contributed by atoms with van der Waals surface area (Å²) in [5.74, 6) is 2.38. The highest BCUT2D eigenvalue weighted by molar-refractivity contribution is 7.99. The van der Waals surface area contributed by atoms with Crippen LogP contribution in [0.5, 0.6) is 11.5 Å². The molecule has 0 radical (unpaired) electrons. The molecule has 138 valence electrons. The molecule has 2 aromatic carbocycles. The van der Waals surface area contributed by atoms with Gasteiger partial charge in [-0.1, -0.05) is 30.3 Å². The highest BCUT2D eigenvalue weighted by Gasteiger charge is 2.32. The summed E-state index contributed by atoms with van der Waals surface area (Å²) < 4.78 is 16.4. The zero-order valence-corrected chi connectivity index (χ0v) is 15.8. The van der Waals surface area contributed by atoms with E-state index in [9.17, 15) is 4.79 Å². The van der Waals surface area contributed by atoms with Gasteiger partial charge in [0.25, 0.3) is 0 Å². The number of rotatable bonds is 7. The summed E-state index contributed by atoms with van der Waals surface area (Å²) in [5.41, 5.74) is 2.01. The fourth-order valence-electron chi connectivity index (χ4n) is 2.93. The van der Waals surface area contributed by atoms with E-state index >= 15 is 0 Å². The number of hydrogen-bond donors (Lipinski definition) is 0. The van der Waals surface area contributed by atoms with Gasteiger partial charge in [-0.15, -0.1) is 11.8 Å². The second-order valence-corrected chi connectivity index (χ2v) is 7.08. The fraction of sp³-hybridized carbons (Fsp3) is 0.350. The third kappa shape index (κ3) is 4.31. The van der Waals surface area contributed by atoms with E-state index in [4.69, 9.17) is 14.2 Å². The molecule has 1 aliphatic rings. The maximum Gasteiger partial charge on any atom is 0.249 e. The smallest absolute Gasteiger partial charge is 0.249 e. The molecule has 1 unspecified atom stereocenters. The molecule has 26 heavy (non-hydrogen) atoms. The van der Waals surface area contributed by atoms with Crippen LogP contribution in [0, 0.1) is 0 Å². The number of methoxy groups -OCH3 is 2. The number of hydrogen-bond acceptors (Lipinski definition) is 5. The summed E-state index contributed by atoms with van der Waals surface area (Å²) in [7, 11) is 3.27. The average Bonchev–Trinajstić information content (AvgIpc) is 3.18. The molecule has 6 heteroatoms. The Labute approximate surface area is 158 Å². The summed E-state index contributed by atoms with van der Waals surface area (Å²) >= 11 is 1.72. The lowest BCUT2D eigenvalue weighted by atomic mass is 10.1. The monoisotopic (exact) mass is 373 g/mol. The lowest BCUT2D eigenvalue weighted by Gasteiger charge is -2.25. The van der Waals surface area contributed by atoms with Gasteiger partial charge in [0.1, 0.15) is 23.5 Å². The van der Waals surface area contributed by atoms with Crippen LogP contribution in [0.15, 0.2) is 48.5 Å². The van der Waals surface area contributed by atoms with Crippen LogP contribution >= 0.6 is 11.8 Å². The Hall–Kier alpha value is -2.18. The Bertz CT molecular complexity index is 738. The van der Waals surface area contributed by atoms with E-state index in [2.05, 4.69) is 0 Å². The number of carbonyl (C=O) groups is 1. The zero-order chi connectivity index (χ0) is 18.4. The molecule has 0 N–H and O–H groups in total. The number of amides is 1. The third-order valence-corrected chi connectivity index (χ3v) is 5.49. The molecule has 2 aromatic rings.